The normalized spacial score (nSPS) is 21.3. The van der Waals surface area contributed by atoms with Crippen LogP contribution in [0.25, 0.3) is 0 Å². The minimum atomic E-state index is 0.577. The Hall–Kier alpha value is 0.310. The monoisotopic (exact) mass is 173 g/mol. The average Bonchev–Trinajstić information content (AvgIpc) is 2.69. The Kier molecular flexibility index (Phi) is 2.87. The summed E-state index contributed by atoms with van der Waals surface area (Å²) in [6.07, 6.45) is 5.01. The fourth-order valence-electron chi connectivity index (χ4n) is 1.56. The molecule has 1 saturated carbocycles. The summed E-state index contributed by atoms with van der Waals surface area (Å²) in [6.45, 7) is 4.56. The van der Waals surface area contributed by atoms with Crippen LogP contribution in [-0.4, -0.2) is 35.5 Å². The van der Waals surface area contributed by atoms with Gasteiger partial charge in [0.05, 0.1) is 0 Å². The van der Waals surface area contributed by atoms with E-state index >= 15 is 0 Å². The summed E-state index contributed by atoms with van der Waals surface area (Å²) in [6, 6.07) is 0.699. The van der Waals surface area contributed by atoms with E-state index in [2.05, 4.69) is 32.1 Å². The van der Waals surface area contributed by atoms with E-state index in [1.54, 1.807) is 0 Å². The van der Waals surface area contributed by atoms with Gasteiger partial charge < -0.3 is 0 Å². The van der Waals surface area contributed by atoms with Crippen molar-refractivity contribution in [3.05, 3.63) is 0 Å². The van der Waals surface area contributed by atoms with E-state index in [4.69, 9.17) is 0 Å². The first kappa shape index (κ1) is 9.40. The first-order valence-electron chi connectivity index (χ1n) is 4.34. The molecule has 66 valence electrons. The smallest absolute Gasteiger partial charge is 0.0300 e. The van der Waals surface area contributed by atoms with Gasteiger partial charge in [-0.25, -0.2) is 0 Å². The van der Waals surface area contributed by atoms with Gasteiger partial charge in [-0.1, -0.05) is 0 Å². The molecule has 1 fully saturated rings. The zero-order chi connectivity index (χ0) is 8.48. The summed E-state index contributed by atoms with van der Waals surface area (Å²) in [4.78, 5) is 2.53. The minimum absolute atomic E-state index is 0.577. The zero-order valence-corrected chi connectivity index (χ0v) is 8.87. The Morgan fingerprint density at radius 2 is 2.00 bits per heavy atom. The van der Waals surface area contributed by atoms with Crippen molar-refractivity contribution >= 4 is 11.8 Å². The van der Waals surface area contributed by atoms with E-state index in [9.17, 15) is 0 Å². The molecule has 1 rings (SSSR count). The van der Waals surface area contributed by atoms with Crippen LogP contribution in [0.1, 0.15) is 26.7 Å². The lowest BCUT2D eigenvalue weighted by Gasteiger charge is -2.31. The molecule has 0 bridgehead atoms. The maximum absolute atomic E-state index is 2.53. The van der Waals surface area contributed by atoms with E-state index < -0.39 is 0 Å². The molecular formula is C9H19NS. The SMILES string of the molecule is CSCC1(N(C)C(C)C)CC1. The van der Waals surface area contributed by atoms with Gasteiger partial charge in [-0.15, -0.1) is 0 Å². The molecule has 2 heteroatoms. The van der Waals surface area contributed by atoms with Crippen molar-refractivity contribution in [3.63, 3.8) is 0 Å². The largest absolute Gasteiger partial charge is 0.297 e. The highest BCUT2D eigenvalue weighted by atomic mass is 32.2. The second-order valence-corrected chi connectivity index (χ2v) is 4.73. The molecule has 0 aromatic rings. The highest BCUT2D eigenvalue weighted by Crippen LogP contribution is 2.43. The lowest BCUT2D eigenvalue weighted by atomic mass is 10.2. The number of rotatable bonds is 4. The van der Waals surface area contributed by atoms with E-state index in [-0.39, 0.29) is 0 Å². The van der Waals surface area contributed by atoms with Crippen molar-refractivity contribution in [2.75, 3.05) is 19.1 Å². The second kappa shape index (κ2) is 3.36. The van der Waals surface area contributed by atoms with Gasteiger partial charge in [0.1, 0.15) is 0 Å². The summed E-state index contributed by atoms with van der Waals surface area (Å²) in [5.41, 5.74) is 0.577. The van der Waals surface area contributed by atoms with Gasteiger partial charge >= 0.3 is 0 Å². The van der Waals surface area contributed by atoms with Crippen molar-refractivity contribution < 1.29 is 0 Å². The third-order valence-corrected chi connectivity index (χ3v) is 3.59. The van der Waals surface area contributed by atoms with Crippen LogP contribution in [0.4, 0.5) is 0 Å². The van der Waals surface area contributed by atoms with Gasteiger partial charge in [0.2, 0.25) is 0 Å². The first-order valence-corrected chi connectivity index (χ1v) is 5.74. The first-order chi connectivity index (χ1) is 5.12. The number of nitrogens with zero attached hydrogens (tertiary/aromatic N) is 1. The molecule has 0 N–H and O–H groups in total. The fraction of sp³-hybridized carbons (Fsp3) is 1.00. The van der Waals surface area contributed by atoms with Gasteiger partial charge in [-0.3, -0.25) is 4.90 Å². The van der Waals surface area contributed by atoms with Crippen LogP contribution in [0.3, 0.4) is 0 Å². The van der Waals surface area contributed by atoms with Crippen LogP contribution in [-0.2, 0) is 0 Å². The highest BCUT2D eigenvalue weighted by molar-refractivity contribution is 7.98. The minimum Gasteiger partial charge on any atom is -0.297 e. The lowest BCUT2D eigenvalue weighted by Crippen LogP contribution is -2.40. The topological polar surface area (TPSA) is 3.24 Å². The molecule has 0 radical (unpaired) electrons. The molecule has 0 aromatic heterocycles. The van der Waals surface area contributed by atoms with Crippen molar-refractivity contribution in [3.8, 4) is 0 Å². The maximum atomic E-state index is 2.53. The standard InChI is InChI=1S/C9H19NS/c1-8(2)10(3)9(5-6-9)7-11-4/h8H,5-7H2,1-4H3. The Morgan fingerprint density at radius 3 is 2.27 bits per heavy atom. The third-order valence-electron chi connectivity index (χ3n) is 2.76. The number of hydrogen-bond donors (Lipinski definition) is 0. The summed E-state index contributed by atoms with van der Waals surface area (Å²) < 4.78 is 0. The summed E-state index contributed by atoms with van der Waals surface area (Å²) in [5, 5.41) is 0. The predicted octanol–water partition coefficient (Wildman–Crippen LogP) is 2.22. The van der Waals surface area contributed by atoms with E-state index in [0.717, 1.165) is 0 Å². The highest BCUT2D eigenvalue weighted by Gasteiger charge is 2.46. The molecule has 0 atom stereocenters. The molecular weight excluding hydrogens is 154 g/mol. The molecule has 0 amide bonds. The molecule has 0 aromatic carbocycles. The average molecular weight is 173 g/mol. The van der Waals surface area contributed by atoms with Crippen LogP contribution in [0.15, 0.2) is 0 Å². The zero-order valence-electron chi connectivity index (χ0n) is 8.05. The quantitative estimate of drug-likeness (QED) is 0.641. The van der Waals surface area contributed by atoms with Gasteiger partial charge in [0, 0.05) is 17.3 Å². The summed E-state index contributed by atoms with van der Waals surface area (Å²) in [7, 11) is 2.26. The van der Waals surface area contributed by atoms with Crippen LogP contribution in [0, 0.1) is 0 Å². The Bertz CT molecular complexity index is 130. The summed E-state index contributed by atoms with van der Waals surface area (Å²) in [5.74, 6) is 1.31. The molecule has 11 heavy (non-hydrogen) atoms. The third kappa shape index (κ3) is 1.91. The van der Waals surface area contributed by atoms with Gasteiger partial charge in [0.25, 0.3) is 0 Å². The summed E-state index contributed by atoms with van der Waals surface area (Å²) >= 11 is 1.98. The molecule has 1 nitrogen and oxygen atoms in total. The molecule has 0 spiro atoms. The van der Waals surface area contributed by atoms with E-state index in [1.165, 1.54) is 18.6 Å². The number of hydrogen-bond acceptors (Lipinski definition) is 2. The van der Waals surface area contributed by atoms with Crippen molar-refractivity contribution in [2.45, 2.75) is 38.3 Å². The molecule has 0 unspecified atom stereocenters. The molecule has 0 saturated heterocycles. The predicted molar refractivity (Wildman–Crippen MR) is 53.2 cm³/mol. The van der Waals surface area contributed by atoms with Crippen LogP contribution in [0.2, 0.25) is 0 Å². The second-order valence-electron chi connectivity index (χ2n) is 3.86. The van der Waals surface area contributed by atoms with E-state index in [1.807, 2.05) is 11.8 Å². The van der Waals surface area contributed by atoms with Crippen LogP contribution < -0.4 is 0 Å². The Labute approximate surface area is 74.5 Å². The van der Waals surface area contributed by atoms with Gasteiger partial charge in [0.15, 0.2) is 0 Å². The number of thioether (sulfide) groups is 1. The van der Waals surface area contributed by atoms with Crippen molar-refractivity contribution in [1.82, 2.24) is 4.90 Å². The molecule has 0 aliphatic heterocycles. The van der Waals surface area contributed by atoms with Gasteiger partial charge in [-0.05, 0) is 40.0 Å². The molecule has 1 aliphatic rings. The van der Waals surface area contributed by atoms with E-state index in [0.29, 0.717) is 11.6 Å². The van der Waals surface area contributed by atoms with Crippen molar-refractivity contribution in [2.24, 2.45) is 0 Å². The fourth-order valence-corrected chi connectivity index (χ4v) is 2.59. The maximum Gasteiger partial charge on any atom is 0.0300 e. The van der Waals surface area contributed by atoms with Crippen LogP contribution in [0.5, 0.6) is 0 Å². The van der Waals surface area contributed by atoms with Crippen molar-refractivity contribution in [1.29, 1.82) is 0 Å². The van der Waals surface area contributed by atoms with Crippen LogP contribution >= 0.6 is 11.8 Å². The lowest BCUT2D eigenvalue weighted by molar-refractivity contribution is 0.194. The molecule has 0 heterocycles. The van der Waals surface area contributed by atoms with Gasteiger partial charge in [-0.2, -0.15) is 11.8 Å². The Balaban J connectivity index is 2.44. The molecule has 1 aliphatic carbocycles. The Morgan fingerprint density at radius 1 is 1.45 bits per heavy atom.